The molecule has 2 aliphatic heterocycles. The second kappa shape index (κ2) is 16.1. The average Bonchev–Trinajstić information content (AvgIpc) is 3.16. The number of carbonyl (C=O) groups excluding carboxylic acids is 1. The van der Waals surface area contributed by atoms with E-state index in [9.17, 15) is 65.8 Å². The van der Waals surface area contributed by atoms with Crippen LogP contribution in [0.2, 0.25) is 0 Å². The fourth-order valence-electron chi connectivity index (χ4n) is 5.81. The van der Waals surface area contributed by atoms with Crippen LogP contribution in [0.3, 0.4) is 0 Å². The average molecular weight is 773 g/mol. The zero-order valence-electron chi connectivity index (χ0n) is 28.2. The molecule has 10 unspecified atom stereocenters. The molecule has 19 heteroatoms. The summed E-state index contributed by atoms with van der Waals surface area (Å²) in [5, 5.41) is 113. The van der Waals surface area contributed by atoms with Crippen LogP contribution in [0.15, 0.2) is 69.9 Å². The van der Waals surface area contributed by atoms with Gasteiger partial charge in [-0.2, -0.15) is 0 Å². The predicted octanol–water partition coefficient (Wildman–Crippen LogP) is -1.10. The first-order chi connectivity index (χ1) is 26.2. The minimum atomic E-state index is -2.03. The largest absolute Gasteiger partial charge is 0.508 e. The lowest BCUT2D eigenvalue weighted by Crippen LogP contribution is -2.60. The quantitative estimate of drug-likeness (QED) is 0.0518. The molecule has 2 saturated heterocycles. The van der Waals surface area contributed by atoms with Crippen LogP contribution in [0.4, 0.5) is 0 Å². The number of hydrogen-bond acceptors (Lipinski definition) is 19. The number of esters is 1. The second-order valence-corrected chi connectivity index (χ2v) is 12.6. The number of aromatic hydroxyl groups is 4. The zero-order valence-corrected chi connectivity index (χ0v) is 28.2. The maximum absolute atomic E-state index is 13.4. The summed E-state index contributed by atoms with van der Waals surface area (Å²) in [7, 11) is 0. The van der Waals surface area contributed by atoms with Gasteiger partial charge in [-0.05, 0) is 48.0 Å². The molecule has 0 saturated carbocycles. The van der Waals surface area contributed by atoms with Crippen molar-refractivity contribution in [3.05, 3.63) is 76.5 Å². The smallest absolute Gasteiger partial charge is 0.330 e. The zero-order chi connectivity index (χ0) is 39.7. The highest BCUT2D eigenvalue weighted by atomic mass is 16.7. The molecule has 294 valence electrons. The first-order valence-corrected chi connectivity index (χ1v) is 16.5. The topological polar surface area (TPSA) is 316 Å². The van der Waals surface area contributed by atoms with Gasteiger partial charge in [-0.15, -0.1) is 0 Å². The fourth-order valence-corrected chi connectivity index (χ4v) is 5.81. The highest BCUT2D eigenvalue weighted by molar-refractivity contribution is 5.90. The van der Waals surface area contributed by atoms with Gasteiger partial charge in [-0.25, -0.2) is 4.79 Å². The van der Waals surface area contributed by atoms with Crippen molar-refractivity contribution in [2.45, 2.75) is 61.4 Å². The second-order valence-electron chi connectivity index (χ2n) is 12.6. The van der Waals surface area contributed by atoms with E-state index in [-0.39, 0.29) is 22.8 Å². The monoisotopic (exact) mass is 772 g/mol. The molecule has 3 heterocycles. The van der Waals surface area contributed by atoms with Gasteiger partial charge >= 0.3 is 5.97 Å². The van der Waals surface area contributed by atoms with Crippen molar-refractivity contribution in [1.82, 2.24) is 0 Å². The Balaban J connectivity index is 1.32. The number of phenols is 4. The lowest BCUT2D eigenvalue weighted by Gasteiger charge is -2.41. The molecule has 55 heavy (non-hydrogen) atoms. The van der Waals surface area contributed by atoms with Crippen LogP contribution < -0.4 is 14.9 Å². The van der Waals surface area contributed by atoms with E-state index in [0.717, 1.165) is 18.2 Å². The first-order valence-electron chi connectivity index (χ1n) is 16.5. The summed E-state index contributed by atoms with van der Waals surface area (Å²) < 4.78 is 33.6. The van der Waals surface area contributed by atoms with E-state index >= 15 is 0 Å². The number of rotatable bonds is 10. The van der Waals surface area contributed by atoms with Gasteiger partial charge in [0.05, 0.1) is 6.61 Å². The Morgan fingerprint density at radius 1 is 0.727 bits per heavy atom. The minimum Gasteiger partial charge on any atom is -0.508 e. The standard InChI is InChI=1S/C36H36O19/c37-12-23-27(43)30(46)33(49)36(53-23)55-34-22(11-21-26(29(34)45)19(41)10-20(51-21)15-3-5-16(38)6-4-15)52-35-32(48)31(47)28(44)24(54-35)13-50-25(42)8-2-14-1-7-17(39)18(40)9-14/h1-11,23-24,27-28,30-33,35-40,43-49H,12-13H2. The summed E-state index contributed by atoms with van der Waals surface area (Å²) >= 11 is 0. The van der Waals surface area contributed by atoms with Crippen molar-refractivity contribution in [2.24, 2.45) is 0 Å². The molecular formula is C36H36O19. The van der Waals surface area contributed by atoms with Crippen LogP contribution in [0.1, 0.15) is 5.56 Å². The molecule has 0 amide bonds. The molecule has 0 radical (unpaired) electrons. The molecule has 2 aliphatic rings. The predicted molar refractivity (Wildman–Crippen MR) is 183 cm³/mol. The molecule has 0 aliphatic carbocycles. The molecule has 4 aromatic rings. The lowest BCUT2D eigenvalue weighted by molar-refractivity contribution is -0.283. The van der Waals surface area contributed by atoms with Crippen molar-refractivity contribution < 1.29 is 89.1 Å². The number of ether oxygens (including phenoxy) is 5. The third kappa shape index (κ3) is 8.15. The van der Waals surface area contributed by atoms with E-state index in [1.807, 2.05) is 0 Å². The Labute approximate surface area is 308 Å². The third-order valence-corrected chi connectivity index (χ3v) is 8.86. The minimum absolute atomic E-state index is 0.0314. The molecule has 0 bridgehead atoms. The van der Waals surface area contributed by atoms with E-state index < -0.39 is 114 Å². The number of phenolic OH excluding ortho intramolecular Hbond substituents is 4. The van der Waals surface area contributed by atoms with Gasteiger partial charge in [0.25, 0.3) is 0 Å². The van der Waals surface area contributed by atoms with Gasteiger partial charge in [-0.1, -0.05) is 6.07 Å². The van der Waals surface area contributed by atoms with Crippen LogP contribution in [0.5, 0.6) is 34.5 Å². The fraction of sp³-hybridized carbons (Fsp3) is 0.333. The molecular weight excluding hydrogens is 736 g/mol. The van der Waals surface area contributed by atoms with Crippen LogP contribution in [0, 0.1) is 0 Å². The van der Waals surface area contributed by atoms with Gasteiger partial charge in [0.15, 0.2) is 28.4 Å². The summed E-state index contributed by atoms with van der Waals surface area (Å²) in [6.45, 7) is -1.55. The van der Waals surface area contributed by atoms with E-state index in [4.69, 9.17) is 28.1 Å². The molecule has 19 nitrogen and oxygen atoms in total. The van der Waals surface area contributed by atoms with Gasteiger partial charge in [-0.3, -0.25) is 4.79 Å². The van der Waals surface area contributed by atoms with E-state index in [1.54, 1.807) is 0 Å². The van der Waals surface area contributed by atoms with Crippen LogP contribution in [0.25, 0.3) is 28.4 Å². The summed E-state index contributed by atoms with van der Waals surface area (Å²) in [5.41, 5.74) is -0.511. The van der Waals surface area contributed by atoms with E-state index in [0.29, 0.717) is 11.1 Å². The molecule has 6 rings (SSSR count). The van der Waals surface area contributed by atoms with Crippen molar-refractivity contribution in [1.29, 1.82) is 0 Å². The Hall–Kier alpha value is -5.48. The van der Waals surface area contributed by atoms with Crippen molar-refractivity contribution >= 4 is 23.0 Å². The SMILES string of the molecule is O=C(C=Cc1ccc(O)c(O)c1)OCC1OC(Oc2cc3oc(-c4ccc(O)cc4)cc(=O)c3c(O)c2OC2OC(CO)C(O)C(O)C2O)C(O)C(O)C1O. The summed E-state index contributed by atoms with van der Waals surface area (Å²) in [6.07, 6.45) is -16.3. The highest BCUT2D eigenvalue weighted by Crippen LogP contribution is 2.45. The molecule has 11 N–H and O–H groups in total. The molecule has 2 fully saturated rings. The van der Waals surface area contributed by atoms with Gasteiger partial charge in [0, 0.05) is 23.8 Å². The Kier molecular flexibility index (Phi) is 11.5. The molecule has 10 atom stereocenters. The Morgan fingerprint density at radius 3 is 2.02 bits per heavy atom. The number of fused-ring (bicyclic) bond motifs is 1. The Morgan fingerprint density at radius 2 is 1.36 bits per heavy atom. The van der Waals surface area contributed by atoms with Crippen molar-refractivity contribution in [3.8, 4) is 45.8 Å². The van der Waals surface area contributed by atoms with Gasteiger partial charge in [0.2, 0.25) is 18.3 Å². The lowest BCUT2D eigenvalue weighted by atomic mass is 9.99. The first kappa shape index (κ1) is 39.2. The molecule has 0 spiro atoms. The maximum atomic E-state index is 13.4. The number of benzene rings is 3. The van der Waals surface area contributed by atoms with Crippen molar-refractivity contribution in [2.75, 3.05) is 13.2 Å². The number of aliphatic hydroxyl groups is 7. The number of aliphatic hydroxyl groups excluding tert-OH is 7. The Bertz CT molecular complexity index is 2100. The third-order valence-electron chi connectivity index (χ3n) is 8.86. The number of hydrogen-bond donors (Lipinski definition) is 11. The van der Waals surface area contributed by atoms with Crippen LogP contribution in [-0.4, -0.2) is 137 Å². The van der Waals surface area contributed by atoms with Gasteiger partial charge in [0.1, 0.15) is 77.9 Å². The maximum Gasteiger partial charge on any atom is 0.330 e. The number of carbonyl (C=O) groups is 1. The molecule has 1 aromatic heterocycles. The molecule has 3 aromatic carbocycles. The summed E-state index contributed by atoms with van der Waals surface area (Å²) in [5.74, 6) is -4.23. The van der Waals surface area contributed by atoms with Crippen LogP contribution >= 0.6 is 0 Å². The summed E-state index contributed by atoms with van der Waals surface area (Å²) in [6, 6.07) is 11.3. The van der Waals surface area contributed by atoms with Gasteiger partial charge < -0.3 is 84.3 Å². The van der Waals surface area contributed by atoms with Crippen molar-refractivity contribution in [3.63, 3.8) is 0 Å². The van der Waals surface area contributed by atoms with E-state index in [2.05, 4.69) is 0 Å². The summed E-state index contributed by atoms with van der Waals surface area (Å²) in [4.78, 5) is 25.8. The normalized spacial score (nSPS) is 28.3. The highest BCUT2D eigenvalue weighted by Gasteiger charge is 2.48. The van der Waals surface area contributed by atoms with E-state index in [1.165, 1.54) is 48.5 Å². The van der Waals surface area contributed by atoms with Crippen LogP contribution in [-0.2, 0) is 19.0 Å².